The lowest BCUT2D eigenvalue weighted by Gasteiger charge is -2.23. The van der Waals surface area contributed by atoms with Crippen LogP contribution in [0.3, 0.4) is 0 Å². The number of likely N-dealkylation sites (tertiary alicyclic amines) is 1. The number of rotatable bonds is 4. The smallest absolute Gasteiger partial charge is 0.261 e. The summed E-state index contributed by atoms with van der Waals surface area (Å²) < 4.78 is 2.71. The second-order valence-corrected chi connectivity index (χ2v) is 8.74. The first-order valence-corrected chi connectivity index (χ1v) is 11.0. The predicted molar refractivity (Wildman–Crippen MR) is 119 cm³/mol. The molecule has 1 saturated heterocycles. The molecule has 3 heterocycles. The van der Waals surface area contributed by atoms with Crippen LogP contribution in [0.4, 0.5) is 0 Å². The fraction of sp³-hybridized carbons (Fsp3) is 0.304. The van der Waals surface area contributed by atoms with E-state index in [0.29, 0.717) is 29.6 Å². The van der Waals surface area contributed by atoms with Gasteiger partial charge in [-0.15, -0.1) is 11.3 Å². The van der Waals surface area contributed by atoms with Gasteiger partial charge in [-0.1, -0.05) is 24.3 Å². The number of carbonyl (C=O) groups is 1. The summed E-state index contributed by atoms with van der Waals surface area (Å²) in [6, 6.07) is 15.5. The van der Waals surface area contributed by atoms with E-state index < -0.39 is 0 Å². The Hall–Kier alpha value is -3.06. The van der Waals surface area contributed by atoms with Gasteiger partial charge in [0, 0.05) is 26.4 Å². The third-order valence-corrected chi connectivity index (χ3v) is 6.94. The number of fused-ring (bicyclic) bond motifs is 2. The van der Waals surface area contributed by atoms with Crippen LogP contribution in [-0.4, -0.2) is 31.9 Å². The summed E-state index contributed by atoms with van der Waals surface area (Å²) in [5.74, 6) is 0.738. The number of thiazole rings is 1. The van der Waals surface area contributed by atoms with Gasteiger partial charge in [-0.25, -0.2) is 9.97 Å². The van der Waals surface area contributed by atoms with Gasteiger partial charge < -0.3 is 4.90 Å². The molecule has 0 radical (unpaired) electrons. The summed E-state index contributed by atoms with van der Waals surface area (Å²) in [6.07, 6.45) is 2.70. The highest BCUT2D eigenvalue weighted by Gasteiger charge is 2.32. The Morgan fingerprint density at radius 2 is 1.87 bits per heavy atom. The van der Waals surface area contributed by atoms with E-state index in [1.54, 1.807) is 29.0 Å². The fourth-order valence-corrected chi connectivity index (χ4v) is 5.32. The highest BCUT2D eigenvalue weighted by Crippen LogP contribution is 2.36. The number of benzene rings is 2. The number of carbonyl (C=O) groups excluding carboxylic acids is 1. The standard InChI is InChI=1S/C23H22N4O2S/c1-26-20(24-16-8-3-2-7-15(16)23(26)29)12-13-21(28)27-14-6-10-18(27)22-25-17-9-4-5-11-19(17)30-22/h2-5,7-9,11,18H,6,10,12-14H2,1H3. The summed E-state index contributed by atoms with van der Waals surface area (Å²) in [4.78, 5) is 37.0. The Labute approximate surface area is 177 Å². The van der Waals surface area contributed by atoms with Crippen LogP contribution in [0, 0.1) is 0 Å². The average Bonchev–Trinajstić information content (AvgIpc) is 3.42. The van der Waals surface area contributed by atoms with E-state index in [0.717, 1.165) is 34.6 Å². The zero-order chi connectivity index (χ0) is 20.7. The zero-order valence-electron chi connectivity index (χ0n) is 16.7. The van der Waals surface area contributed by atoms with Crippen molar-refractivity contribution in [2.45, 2.75) is 31.7 Å². The Kier molecular flexibility index (Phi) is 4.83. The molecule has 1 fully saturated rings. The van der Waals surface area contributed by atoms with Crippen molar-refractivity contribution in [3.63, 3.8) is 0 Å². The topological polar surface area (TPSA) is 68.1 Å². The van der Waals surface area contributed by atoms with Crippen molar-refractivity contribution in [3.8, 4) is 0 Å². The van der Waals surface area contributed by atoms with Crippen LogP contribution in [0.15, 0.2) is 53.3 Å². The molecule has 7 heteroatoms. The van der Waals surface area contributed by atoms with E-state index in [-0.39, 0.29) is 17.5 Å². The summed E-state index contributed by atoms with van der Waals surface area (Å²) in [6.45, 7) is 0.753. The van der Waals surface area contributed by atoms with E-state index in [9.17, 15) is 9.59 Å². The minimum Gasteiger partial charge on any atom is -0.333 e. The normalized spacial score (nSPS) is 16.6. The number of nitrogens with zero attached hydrogens (tertiary/aromatic N) is 4. The molecule has 2 aromatic heterocycles. The molecule has 0 aliphatic carbocycles. The molecule has 1 atom stereocenters. The van der Waals surface area contributed by atoms with Crippen LogP contribution in [0.2, 0.25) is 0 Å². The van der Waals surface area contributed by atoms with Crippen LogP contribution in [0.25, 0.3) is 21.1 Å². The number of aryl methyl sites for hydroxylation is 1. The molecule has 1 aliphatic heterocycles. The molecule has 2 aromatic carbocycles. The summed E-state index contributed by atoms with van der Waals surface area (Å²) >= 11 is 1.67. The lowest BCUT2D eigenvalue weighted by molar-refractivity contribution is -0.132. The fourth-order valence-electron chi connectivity index (χ4n) is 4.20. The number of hydrogen-bond donors (Lipinski definition) is 0. The minimum atomic E-state index is -0.0726. The Balaban J connectivity index is 1.35. The molecule has 1 aliphatic rings. The van der Waals surface area contributed by atoms with Crippen molar-refractivity contribution >= 4 is 38.4 Å². The third kappa shape index (κ3) is 3.29. The van der Waals surface area contributed by atoms with Crippen LogP contribution in [0.1, 0.15) is 36.1 Å². The van der Waals surface area contributed by atoms with Gasteiger partial charge in [0.15, 0.2) is 0 Å². The van der Waals surface area contributed by atoms with Gasteiger partial charge in [-0.05, 0) is 37.1 Å². The molecule has 30 heavy (non-hydrogen) atoms. The van der Waals surface area contributed by atoms with Crippen molar-refractivity contribution in [3.05, 3.63) is 69.7 Å². The third-order valence-electron chi connectivity index (χ3n) is 5.81. The predicted octanol–water partition coefficient (Wildman–Crippen LogP) is 3.84. The van der Waals surface area contributed by atoms with Crippen molar-refractivity contribution in [2.24, 2.45) is 7.05 Å². The average molecular weight is 419 g/mol. The van der Waals surface area contributed by atoms with Crippen molar-refractivity contribution in [2.75, 3.05) is 6.54 Å². The first kappa shape index (κ1) is 18.9. The van der Waals surface area contributed by atoms with E-state index in [1.807, 2.05) is 41.3 Å². The number of hydrogen-bond acceptors (Lipinski definition) is 5. The second kappa shape index (κ2) is 7.65. The highest BCUT2D eigenvalue weighted by molar-refractivity contribution is 7.18. The van der Waals surface area contributed by atoms with Crippen LogP contribution in [-0.2, 0) is 18.3 Å². The maximum Gasteiger partial charge on any atom is 0.261 e. The van der Waals surface area contributed by atoms with E-state index >= 15 is 0 Å². The number of para-hydroxylation sites is 2. The lowest BCUT2D eigenvalue weighted by Crippen LogP contribution is -2.31. The maximum atomic E-state index is 13.1. The van der Waals surface area contributed by atoms with E-state index in [1.165, 1.54) is 0 Å². The molecule has 0 N–H and O–H groups in total. The first-order chi connectivity index (χ1) is 14.6. The Morgan fingerprint density at radius 3 is 2.70 bits per heavy atom. The molecule has 0 bridgehead atoms. The van der Waals surface area contributed by atoms with Gasteiger partial charge in [0.05, 0.1) is 27.2 Å². The summed E-state index contributed by atoms with van der Waals surface area (Å²) in [5, 5.41) is 1.61. The SMILES string of the molecule is Cn1c(CCC(=O)N2CCCC2c2nc3ccccc3s2)nc2ccccc2c1=O. The first-order valence-electron chi connectivity index (χ1n) is 10.2. The Morgan fingerprint density at radius 1 is 1.10 bits per heavy atom. The van der Waals surface area contributed by atoms with E-state index in [4.69, 9.17) is 4.98 Å². The molecule has 152 valence electrons. The number of aromatic nitrogens is 3. The van der Waals surface area contributed by atoms with Gasteiger partial charge in [0.1, 0.15) is 10.8 Å². The van der Waals surface area contributed by atoms with Gasteiger partial charge in [-0.3, -0.25) is 14.2 Å². The molecule has 1 unspecified atom stereocenters. The molecule has 0 saturated carbocycles. The molecule has 4 aromatic rings. The monoisotopic (exact) mass is 418 g/mol. The maximum absolute atomic E-state index is 13.1. The largest absolute Gasteiger partial charge is 0.333 e. The summed E-state index contributed by atoms with van der Waals surface area (Å²) in [5.41, 5.74) is 1.60. The van der Waals surface area contributed by atoms with Crippen molar-refractivity contribution < 1.29 is 4.79 Å². The quantitative estimate of drug-likeness (QED) is 0.505. The molecule has 0 spiro atoms. The zero-order valence-corrected chi connectivity index (χ0v) is 17.6. The second-order valence-electron chi connectivity index (χ2n) is 7.67. The Bertz CT molecular complexity index is 1280. The molecule has 6 nitrogen and oxygen atoms in total. The van der Waals surface area contributed by atoms with Crippen LogP contribution >= 0.6 is 11.3 Å². The van der Waals surface area contributed by atoms with E-state index in [2.05, 4.69) is 11.1 Å². The minimum absolute atomic E-state index is 0.0447. The van der Waals surface area contributed by atoms with Crippen LogP contribution in [0.5, 0.6) is 0 Å². The van der Waals surface area contributed by atoms with Gasteiger partial charge in [0.2, 0.25) is 5.91 Å². The molecular weight excluding hydrogens is 396 g/mol. The van der Waals surface area contributed by atoms with Gasteiger partial charge >= 0.3 is 0 Å². The summed E-state index contributed by atoms with van der Waals surface area (Å²) in [7, 11) is 1.72. The molecular formula is C23H22N4O2S. The molecule has 1 amide bonds. The van der Waals surface area contributed by atoms with Gasteiger partial charge in [0.25, 0.3) is 5.56 Å². The van der Waals surface area contributed by atoms with Crippen molar-refractivity contribution in [1.29, 1.82) is 0 Å². The molecule has 5 rings (SSSR count). The van der Waals surface area contributed by atoms with Crippen molar-refractivity contribution in [1.82, 2.24) is 19.4 Å². The van der Waals surface area contributed by atoms with Gasteiger partial charge in [-0.2, -0.15) is 0 Å². The highest BCUT2D eigenvalue weighted by atomic mass is 32.1. The number of amides is 1. The lowest BCUT2D eigenvalue weighted by atomic mass is 10.2. The van der Waals surface area contributed by atoms with Crippen LogP contribution < -0.4 is 5.56 Å².